The van der Waals surface area contributed by atoms with Gasteiger partial charge in [0.1, 0.15) is 29.7 Å². The van der Waals surface area contributed by atoms with Gasteiger partial charge in [-0.15, -0.1) is 0 Å². The highest BCUT2D eigenvalue weighted by Gasteiger charge is 2.62. The number of methoxy groups -OCH3 is 1. The molecule has 0 radical (unpaired) electrons. The molecule has 2 aromatic carbocycles. The molecule has 4 fully saturated rings. The fourth-order valence-corrected chi connectivity index (χ4v) is 9.40. The molecule has 3 saturated carbocycles. The zero-order valence-electron chi connectivity index (χ0n) is 30.9. The number of amides is 5. The first kappa shape index (κ1) is 37.4. The summed E-state index contributed by atoms with van der Waals surface area (Å²) >= 11 is 0. The zero-order valence-corrected chi connectivity index (χ0v) is 31.7. The fraction of sp³-hybridized carbons (Fsp3) is 0.513. The maximum absolute atomic E-state index is 14.9. The Bertz CT molecular complexity index is 2080. The molecule has 1 aliphatic heterocycles. The average molecular weight is 762 g/mol. The van der Waals surface area contributed by atoms with Gasteiger partial charge in [-0.1, -0.05) is 63.9 Å². The molecule has 4 aliphatic rings. The van der Waals surface area contributed by atoms with Crippen LogP contribution in [0.25, 0.3) is 22.2 Å². The lowest BCUT2D eigenvalue weighted by Crippen LogP contribution is -2.59. The molecular formula is C39H47N5O9S. The lowest BCUT2D eigenvalue weighted by molar-refractivity contribution is -0.145. The number of fused-ring (bicyclic) bond motifs is 1. The first-order valence-corrected chi connectivity index (χ1v) is 20.0. The number of likely N-dealkylation sites (tertiary alicyclic amines) is 1. The van der Waals surface area contributed by atoms with E-state index in [0.29, 0.717) is 47.4 Å². The Morgan fingerprint density at radius 3 is 2.37 bits per heavy atom. The van der Waals surface area contributed by atoms with E-state index in [1.807, 2.05) is 36.4 Å². The van der Waals surface area contributed by atoms with E-state index < -0.39 is 68.9 Å². The monoisotopic (exact) mass is 761 g/mol. The molecule has 15 heteroatoms. The normalized spacial score (nSPS) is 22.4. The number of hydrogen-bond acceptors (Lipinski definition) is 9. The highest BCUT2D eigenvalue weighted by molar-refractivity contribution is 7.90. The molecule has 4 unspecified atom stereocenters. The summed E-state index contributed by atoms with van der Waals surface area (Å²) in [7, 11) is -2.44. The van der Waals surface area contributed by atoms with Gasteiger partial charge >= 0.3 is 12.1 Å². The Morgan fingerprint density at radius 2 is 1.74 bits per heavy atom. The first-order chi connectivity index (χ1) is 25.6. The van der Waals surface area contributed by atoms with E-state index in [9.17, 15) is 32.7 Å². The van der Waals surface area contributed by atoms with Crippen LogP contribution in [0.15, 0.2) is 54.6 Å². The molecule has 0 bridgehead atoms. The van der Waals surface area contributed by atoms with Gasteiger partial charge in [0, 0.05) is 35.5 Å². The largest absolute Gasteiger partial charge is 0.497 e. The number of hydrogen-bond donors (Lipinski definition) is 3. The Kier molecular flexibility index (Phi) is 9.73. The summed E-state index contributed by atoms with van der Waals surface area (Å²) in [4.78, 5) is 62.4. The molecule has 3 N–H and O–H groups in total. The quantitative estimate of drug-likeness (QED) is 0.245. The number of benzene rings is 2. The van der Waals surface area contributed by atoms with E-state index >= 15 is 0 Å². The minimum absolute atomic E-state index is 0.0337. The molecule has 288 valence electrons. The van der Waals surface area contributed by atoms with Gasteiger partial charge in [-0.2, -0.15) is 0 Å². The van der Waals surface area contributed by atoms with E-state index in [2.05, 4.69) is 10.0 Å². The number of nitrogens with one attached hydrogen (secondary N) is 2. The number of nitrogens with zero attached hydrogens (tertiary/aromatic N) is 3. The van der Waals surface area contributed by atoms with E-state index in [-0.39, 0.29) is 18.4 Å². The molecule has 2 heterocycles. The molecule has 1 spiro atoms. The Hall–Kier alpha value is -4.92. The second-order valence-electron chi connectivity index (χ2n) is 16.1. The van der Waals surface area contributed by atoms with E-state index in [1.165, 1.54) is 4.90 Å². The van der Waals surface area contributed by atoms with Gasteiger partial charge in [0.25, 0.3) is 5.91 Å². The maximum atomic E-state index is 14.9. The van der Waals surface area contributed by atoms with E-state index in [1.54, 1.807) is 46.1 Å². The van der Waals surface area contributed by atoms with Crippen molar-refractivity contribution in [3.05, 3.63) is 54.6 Å². The highest BCUT2D eigenvalue weighted by Crippen LogP contribution is 2.60. The fourth-order valence-electron chi connectivity index (χ4n) is 8.13. The van der Waals surface area contributed by atoms with Crippen LogP contribution in [0, 0.1) is 10.8 Å². The summed E-state index contributed by atoms with van der Waals surface area (Å²) in [6.45, 7) is 5.04. The Balaban J connectivity index is 1.26. The lowest BCUT2D eigenvalue weighted by Gasteiger charge is -2.36. The van der Waals surface area contributed by atoms with E-state index in [4.69, 9.17) is 14.5 Å². The predicted octanol–water partition coefficient (Wildman–Crippen LogP) is 5.30. The topological polar surface area (TPSA) is 185 Å². The van der Waals surface area contributed by atoms with Crippen molar-refractivity contribution in [1.29, 1.82) is 0 Å². The number of imide groups is 1. The number of urea groups is 1. The summed E-state index contributed by atoms with van der Waals surface area (Å²) in [5.41, 5.74) is 0.872. The van der Waals surface area contributed by atoms with Crippen molar-refractivity contribution >= 4 is 44.9 Å². The van der Waals surface area contributed by atoms with Crippen molar-refractivity contribution in [1.82, 2.24) is 24.8 Å². The number of rotatable bonds is 10. The second-order valence-corrected chi connectivity index (χ2v) is 18.1. The van der Waals surface area contributed by atoms with Crippen LogP contribution in [0.4, 0.5) is 9.59 Å². The molecule has 54 heavy (non-hydrogen) atoms. The van der Waals surface area contributed by atoms with Gasteiger partial charge in [0.15, 0.2) is 0 Å². The summed E-state index contributed by atoms with van der Waals surface area (Å²) in [6, 6.07) is 12.7. The van der Waals surface area contributed by atoms with Crippen LogP contribution in [0.3, 0.4) is 0 Å². The summed E-state index contributed by atoms with van der Waals surface area (Å²) in [5.74, 6) is -0.332. The number of carbonyl (C=O) groups is 4. The minimum Gasteiger partial charge on any atom is -0.497 e. The van der Waals surface area contributed by atoms with Crippen LogP contribution in [0.1, 0.15) is 72.1 Å². The minimum atomic E-state index is -4.00. The zero-order chi connectivity index (χ0) is 38.6. The summed E-state index contributed by atoms with van der Waals surface area (Å²) in [5, 5.41) is 12.0. The molecule has 3 aliphatic carbocycles. The molecule has 1 aromatic heterocycles. The smallest absolute Gasteiger partial charge is 0.405 e. The third-order valence-electron chi connectivity index (χ3n) is 11.3. The third kappa shape index (κ3) is 7.42. The van der Waals surface area contributed by atoms with Crippen LogP contribution in [-0.4, -0.2) is 95.4 Å². The number of carboxylic acid groups (broad SMARTS) is 1. The van der Waals surface area contributed by atoms with Crippen LogP contribution in [0.5, 0.6) is 11.5 Å². The highest BCUT2D eigenvalue weighted by atomic mass is 32.2. The summed E-state index contributed by atoms with van der Waals surface area (Å²) < 4.78 is 40.3. The first-order valence-electron chi connectivity index (χ1n) is 18.5. The number of sulfonamides is 1. The number of ether oxygens (including phenoxy) is 2. The third-order valence-corrected chi connectivity index (χ3v) is 13.1. The molecule has 14 nitrogen and oxygen atoms in total. The molecule has 5 amide bonds. The summed E-state index contributed by atoms with van der Waals surface area (Å²) in [6.07, 6.45) is 2.70. The maximum Gasteiger partial charge on any atom is 0.405 e. The van der Waals surface area contributed by atoms with Crippen molar-refractivity contribution in [2.75, 3.05) is 13.7 Å². The SMILES string of the molecule is COc1ccc2c(OC3CC(C(=O)N(C(=O)NS(=O)(=O)C4CC4)C4CC45CCCC5)N(C(=O)C(NC(=O)O)C(C)(C)C)C3)cc(-c3ccccc3)nc2c1. The molecule has 4 atom stereocenters. The van der Waals surface area contributed by atoms with Gasteiger partial charge in [0.2, 0.25) is 15.9 Å². The second kappa shape index (κ2) is 14.1. The number of pyridine rings is 1. The van der Waals surface area contributed by atoms with Gasteiger partial charge in [0.05, 0.1) is 30.1 Å². The Labute approximate surface area is 314 Å². The Morgan fingerprint density at radius 1 is 1.04 bits per heavy atom. The molecule has 3 aromatic rings. The number of aromatic nitrogens is 1. The molecule has 7 rings (SSSR count). The molecular weight excluding hydrogens is 715 g/mol. The average Bonchev–Trinajstić information content (AvgIpc) is 4.00. The number of carbonyl (C=O) groups excluding carboxylic acids is 3. The van der Waals surface area contributed by atoms with Crippen LogP contribution in [0.2, 0.25) is 0 Å². The predicted molar refractivity (Wildman–Crippen MR) is 199 cm³/mol. The lowest BCUT2D eigenvalue weighted by atomic mass is 9.85. The van der Waals surface area contributed by atoms with Gasteiger partial charge in [-0.05, 0) is 55.1 Å². The van der Waals surface area contributed by atoms with Gasteiger partial charge < -0.3 is 24.8 Å². The van der Waals surface area contributed by atoms with Crippen molar-refractivity contribution in [2.45, 2.75) is 102 Å². The van der Waals surface area contributed by atoms with Gasteiger partial charge in [-0.3, -0.25) is 14.5 Å². The van der Waals surface area contributed by atoms with Crippen LogP contribution in [-0.2, 0) is 19.6 Å². The standard InChI is InChI=1S/C39H47N5O9S/c1-38(2,3)33(41-37(48)49)35(46)43-22-25(53-31-20-28(23-10-6-5-7-11-23)40-29-18-24(52-4)12-15-27(29)31)19-30(43)34(45)44(32-21-39(32)16-8-9-17-39)36(47)42-54(50,51)26-13-14-26/h5-7,10-12,15,18,20,25-26,30,32-33,41H,8-9,13-14,16-17,19,21-22H2,1-4H3,(H,42,47)(H,48,49). The van der Waals surface area contributed by atoms with Crippen LogP contribution >= 0.6 is 0 Å². The van der Waals surface area contributed by atoms with Gasteiger partial charge in [-0.25, -0.2) is 27.7 Å². The van der Waals surface area contributed by atoms with E-state index in [0.717, 1.165) is 36.1 Å². The van der Waals surface area contributed by atoms with Crippen molar-refractivity contribution in [3.63, 3.8) is 0 Å². The van der Waals surface area contributed by atoms with Crippen molar-refractivity contribution in [2.24, 2.45) is 10.8 Å². The van der Waals surface area contributed by atoms with Crippen molar-refractivity contribution < 1.29 is 42.2 Å². The molecule has 1 saturated heterocycles. The van der Waals surface area contributed by atoms with Crippen molar-refractivity contribution in [3.8, 4) is 22.8 Å². The van der Waals surface area contributed by atoms with Crippen LogP contribution < -0.4 is 19.5 Å².